The largest absolute Gasteiger partial charge is 0.457 e. The van der Waals surface area contributed by atoms with Crippen molar-refractivity contribution in [2.24, 2.45) is 17.8 Å². The van der Waals surface area contributed by atoms with Crippen LogP contribution in [0.15, 0.2) is 59.2 Å². The summed E-state index contributed by atoms with van der Waals surface area (Å²) in [6, 6.07) is 9.50. The number of hydrogen-bond donors (Lipinski definition) is 0. The molecule has 4 rings (SSSR count). The molecule has 1 aromatic carbocycles. The second-order valence-corrected chi connectivity index (χ2v) is 6.53. The highest BCUT2D eigenvalue weighted by Gasteiger charge is 2.50. The van der Waals surface area contributed by atoms with E-state index in [2.05, 4.69) is 0 Å². The van der Waals surface area contributed by atoms with Crippen LogP contribution in [0.5, 0.6) is 5.75 Å². The highest BCUT2D eigenvalue weighted by atomic mass is 16.5. The molecule has 2 amide bonds. The minimum absolute atomic E-state index is 0.0233. The number of allylic oxidation sites excluding steroid dienone is 2. The number of furan rings is 1. The molecule has 0 bridgehead atoms. The van der Waals surface area contributed by atoms with Gasteiger partial charge in [0.05, 0.1) is 23.8 Å². The first-order valence-electron chi connectivity index (χ1n) is 8.46. The van der Waals surface area contributed by atoms with E-state index >= 15 is 0 Å². The van der Waals surface area contributed by atoms with Gasteiger partial charge >= 0.3 is 5.97 Å². The molecule has 0 spiro atoms. The van der Waals surface area contributed by atoms with Gasteiger partial charge in [0.25, 0.3) is 0 Å². The highest BCUT2D eigenvalue weighted by Crippen LogP contribution is 2.40. The Kier molecular flexibility index (Phi) is 3.95. The van der Waals surface area contributed by atoms with Gasteiger partial charge in [0.15, 0.2) is 0 Å². The van der Waals surface area contributed by atoms with Gasteiger partial charge in [-0.15, -0.1) is 0 Å². The summed E-state index contributed by atoms with van der Waals surface area (Å²) in [6.07, 6.45) is 5.90. The van der Waals surface area contributed by atoms with Crippen LogP contribution in [0.1, 0.15) is 23.9 Å². The zero-order valence-electron chi connectivity index (χ0n) is 14.1. The topological polar surface area (TPSA) is 76.8 Å². The molecule has 26 heavy (non-hydrogen) atoms. The fraction of sp³-hybridized carbons (Fsp3) is 0.250. The van der Waals surface area contributed by atoms with E-state index in [-0.39, 0.29) is 41.1 Å². The Morgan fingerprint density at radius 3 is 2.77 bits per heavy atom. The van der Waals surface area contributed by atoms with Gasteiger partial charge in [0.1, 0.15) is 5.75 Å². The van der Waals surface area contributed by atoms with Crippen LogP contribution >= 0.6 is 0 Å². The zero-order valence-corrected chi connectivity index (χ0v) is 14.1. The standard InChI is InChI=1S/C20H17NO5/c1-12-5-2-8-15-17(12)19(23)21(18(15)22)13-6-3-7-14(11-13)26-20(24)16-9-4-10-25-16/h2-7,9-12,15,17H,8H2,1H3/t12-,15-,17+/m1/s1. The molecule has 1 aromatic heterocycles. The van der Waals surface area contributed by atoms with E-state index in [1.807, 2.05) is 19.1 Å². The molecule has 2 heterocycles. The Labute approximate surface area is 150 Å². The van der Waals surface area contributed by atoms with Gasteiger partial charge in [0, 0.05) is 6.07 Å². The summed E-state index contributed by atoms with van der Waals surface area (Å²) in [4.78, 5) is 38.8. The number of carbonyl (C=O) groups excluding carboxylic acids is 3. The van der Waals surface area contributed by atoms with Crippen LogP contribution in [0.25, 0.3) is 0 Å². The van der Waals surface area contributed by atoms with Crippen molar-refractivity contribution in [1.29, 1.82) is 0 Å². The Morgan fingerprint density at radius 2 is 2.04 bits per heavy atom. The van der Waals surface area contributed by atoms with Gasteiger partial charge in [0.2, 0.25) is 17.6 Å². The molecule has 132 valence electrons. The van der Waals surface area contributed by atoms with E-state index in [4.69, 9.17) is 9.15 Å². The molecule has 2 aliphatic rings. The number of imide groups is 1. The first-order chi connectivity index (χ1) is 12.6. The van der Waals surface area contributed by atoms with Crippen molar-refractivity contribution < 1.29 is 23.5 Å². The minimum atomic E-state index is -0.641. The quantitative estimate of drug-likeness (QED) is 0.367. The third-order valence-corrected chi connectivity index (χ3v) is 4.88. The van der Waals surface area contributed by atoms with Crippen molar-refractivity contribution in [1.82, 2.24) is 0 Å². The predicted molar refractivity (Wildman–Crippen MR) is 92.5 cm³/mol. The molecule has 6 nitrogen and oxygen atoms in total. The van der Waals surface area contributed by atoms with Crippen molar-refractivity contribution in [2.75, 3.05) is 4.90 Å². The molecule has 2 aromatic rings. The molecule has 1 aliphatic heterocycles. The van der Waals surface area contributed by atoms with Crippen LogP contribution in [0.3, 0.4) is 0 Å². The van der Waals surface area contributed by atoms with Crippen molar-refractivity contribution in [3.63, 3.8) is 0 Å². The molecule has 0 unspecified atom stereocenters. The third kappa shape index (κ3) is 2.63. The number of carbonyl (C=O) groups is 3. The van der Waals surface area contributed by atoms with E-state index in [0.29, 0.717) is 12.1 Å². The summed E-state index contributed by atoms with van der Waals surface area (Å²) in [5, 5.41) is 0. The normalized spacial score (nSPS) is 24.7. The molecule has 1 saturated heterocycles. The van der Waals surface area contributed by atoms with Crippen LogP contribution in [-0.4, -0.2) is 17.8 Å². The lowest BCUT2D eigenvalue weighted by molar-refractivity contribution is -0.122. The van der Waals surface area contributed by atoms with E-state index in [9.17, 15) is 14.4 Å². The lowest BCUT2D eigenvalue weighted by Gasteiger charge is -2.22. The van der Waals surface area contributed by atoms with Crippen molar-refractivity contribution in [2.45, 2.75) is 13.3 Å². The molecular weight excluding hydrogens is 334 g/mol. The Balaban J connectivity index is 1.60. The molecule has 1 fully saturated rings. The first kappa shape index (κ1) is 16.3. The third-order valence-electron chi connectivity index (χ3n) is 4.88. The summed E-state index contributed by atoms with van der Waals surface area (Å²) in [5.41, 5.74) is 0.409. The number of fused-ring (bicyclic) bond motifs is 1. The predicted octanol–water partition coefficient (Wildman–Crippen LogP) is 3.20. The monoisotopic (exact) mass is 351 g/mol. The minimum Gasteiger partial charge on any atom is -0.457 e. The number of esters is 1. The number of benzene rings is 1. The number of hydrogen-bond acceptors (Lipinski definition) is 5. The van der Waals surface area contributed by atoms with Gasteiger partial charge in [-0.2, -0.15) is 0 Å². The maximum atomic E-state index is 12.8. The van der Waals surface area contributed by atoms with E-state index in [1.165, 1.54) is 23.3 Å². The summed E-state index contributed by atoms with van der Waals surface area (Å²) in [5.74, 6) is -1.36. The fourth-order valence-corrected chi connectivity index (χ4v) is 3.64. The summed E-state index contributed by atoms with van der Waals surface area (Å²) >= 11 is 0. The van der Waals surface area contributed by atoms with E-state index in [1.54, 1.807) is 24.3 Å². The van der Waals surface area contributed by atoms with Crippen LogP contribution in [-0.2, 0) is 9.59 Å². The van der Waals surface area contributed by atoms with E-state index in [0.717, 1.165) is 0 Å². The van der Waals surface area contributed by atoms with Gasteiger partial charge in [-0.3, -0.25) is 9.59 Å². The van der Waals surface area contributed by atoms with Crippen LogP contribution < -0.4 is 9.64 Å². The average Bonchev–Trinajstić information content (AvgIpc) is 3.24. The fourth-order valence-electron chi connectivity index (χ4n) is 3.64. The number of ether oxygens (including phenoxy) is 1. The molecular formula is C20H17NO5. The second kappa shape index (κ2) is 6.29. The summed E-state index contributed by atoms with van der Waals surface area (Å²) in [7, 11) is 0. The molecule has 0 N–H and O–H groups in total. The molecule has 3 atom stereocenters. The Hall–Kier alpha value is -3.15. The number of nitrogens with zero attached hydrogens (tertiary/aromatic N) is 1. The van der Waals surface area contributed by atoms with Crippen molar-refractivity contribution in [3.8, 4) is 5.75 Å². The van der Waals surface area contributed by atoms with Gasteiger partial charge in [-0.05, 0) is 36.6 Å². The van der Waals surface area contributed by atoms with Crippen LogP contribution in [0.4, 0.5) is 5.69 Å². The molecule has 0 radical (unpaired) electrons. The number of amides is 2. The molecule has 6 heteroatoms. The van der Waals surface area contributed by atoms with Crippen LogP contribution in [0.2, 0.25) is 0 Å². The van der Waals surface area contributed by atoms with Gasteiger partial charge in [-0.1, -0.05) is 25.1 Å². The first-order valence-corrected chi connectivity index (χ1v) is 8.46. The Bertz CT molecular complexity index is 899. The number of anilines is 1. The van der Waals surface area contributed by atoms with Gasteiger partial charge in [-0.25, -0.2) is 9.69 Å². The highest BCUT2D eigenvalue weighted by molar-refractivity contribution is 6.22. The second-order valence-electron chi connectivity index (χ2n) is 6.53. The van der Waals surface area contributed by atoms with Crippen LogP contribution in [0, 0.1) is 17.8 Å². The van der Waals surface area contributed by atoms with Gasteiger partial charge < -0.3 is 9.15 Å². The maximum Gasteiger partial charge on any atom is 0.379 e. The Morgan fingerprint density at radius 1 is 1.19 bits per heavy atom. The smallest absolute Gasteiger partial charge is 0.379 e. The molecule has 0 saturated carbocycles. The SMILES string of the molecule is C[C@@H]1C=CC[C@H]2C(=O)N(c3cccc(OC(=O)c4ccco4)c3)C(=O)[C@@H]12. The van der Waals surface area contributed by atoms with Crippen molar-refractivity contribution in [3.05, 3.63) is 60.6 Å². The lowest BCUT2D eigenvalue weighted by atomic mass is 9.78. The van der Waals surface area contributed by atoms with Crippen molar-refractivity contribution >= 4 is 23.5 Å². The zero-order chi connectivity index (χ0) is 18.3. The summed E-state index contributed by atoms with van der Waals surface area (Å²) in [6.45, 7) is 1.95. The molecule has 1 aliphatic carbocycles. The summed E-state index contributed by atoms with van der Waals surface area (Å²) < 4.78 is 10.3. The van der Waals surface area contributed by atoms with E-state index < -0.39 is 5.97 Å². The number of rotatable bonds is 3. The maximum absolute atomic E-state index is 12.8. The lowest BCUT2D eigenvalue weighted by Crippen LogP contribution is -2.31. The average molecular weight is 351 g/mol.